The summed E-state index contributed by atoms with van der Waals surface area (Å²) < 4.78 is 28.4. The lowest BCUT2D eigenvalue weighted by atomic mass is 9.84. The van der Waals surface area contributed by atoms with E-state index in [1.165, 1.54) is 37.7 Å². The van der Waals surface area contributed by atoms with Gasteiger partial charge in [0.25, 0.3) is 10.0 Å². The van der Waals surface area contributed by atoms with Gasteiger partial charge >= 0.3 is 0 Å². The first-order valence-corrected chi connectivity index (χ1v) is 12.4. The van der Waals surface area contributed by atoms with Crippen LogP contribution in [0.25, 0.3) is 22.2 Å². The number of aromatic amines is 1. The molecule has 0 atom stereocenters. The molecule has 1 fully saturated rings. The fourth-order valence-electron chi connectivity index (χ4n) is 4.52. The number of fused-ring (bicyclic) bond motifs is 1. The summed E-state index contributed by atoms with van der Waals surface area (Å²) in [6.07, 6.45) is 6.24. The topological polar surface area (TPSA) is 62.0 Å². The third-order valence-electron chi connectivity index (χ3n) is 6.25. The number of benzene rings is 3. The van der Waals surface area contributed by atoms with Gasteiger partial charge in [0.2, 0.25) is 0 Å². The first-order chi connectivity index (χ1) is 15.1. The fourth-order valence-corrected chi connectivity index (χ4v) is 5.57. The number of rotatable bonds is 5. The van der Waals surface area contributed by atoms with Crippen molar-refractivity contribution in [2.24, 2.45) is 0 Å². The summed E-state index contributed by atoms with van der Waals surface area (Å²) in [7, 11) is -3.62. The zero-order chi connectivity index (χ0) is 21.3. The van der Waals surface area contributed by atoms with Crippen LogP contribution in [0.4, 0.5) is 5.69 Å². The smallest absolute Gasteiger partial charge is 0.261 e. The average Bonchev–Trinajstić information content (AvgIpc) is 3.24. The molecule has 31 heavy (non-hydrogen) atoms. The van der Waals surface area contributed by atoms with Crippen molar-refractivity contribution >= 4 is 26.6 Å². The van der Waals surface area contributed by atoms with Crippen LogP contribution in [0, 0.1) is 0 Å². The Bertz CT molecular complexity index is 1250. The van der Waals surface area contributed by atoms with Gasteiger partial charge in [0.05, 0.1) is 4.90 Å². The molecule has 1 aromatic heterocycles. The van der Waals surface area contributed by atoms with Gasteiger partial charge in [0.15, 0.2) is 0 Å². The molecule has 0 saturated heterocycles. The molecule has 4 nitrogen and oxygen atoms in total. The van der Waals surface area contributed by atoms with Crippen LogP contribution in [-0.4, -0.2) is 13.4 Å². The van der Waals surface area contributed by atoms with E-state index < -0.39 is 10.0 Å². The molecule has 5 rings (SSSR count). The molecule has 0 aliphatic heterocycles. The SMILES string of the molecule is O=S(=O)(Nc1ccc(-c2cc3ccccc3[nH]2)cc1)c1ccc(C2CCCCC2)cc1. The average molecular weight is 431 g/mol. The second-order valence-corrected chi connectivity index (χ2v) is 10.0. The summed E-state index contributed by atoms with van der Waals surface area (Å²) >= 11 is 0. The zero-order valence-electron chi connectivity index (χ0n) is 17.3. The Morgan fingerprint density at radius 3 is 2.23 bits per heavy atom. The molecule has 1 heterocycles. The van der Waals surface area contributed by atoms with E-state index in [2.05, 4.69) is 21.8 Å². The molecule has 1 aliphatic rings. The maximum atomic E-state index is 12.8. The Balaban J connectivity index is 1.31. The first kappa shape index (κ1) is 19.9. The molecule has 0 bridgehead atoms. The number of para-hydroxylation sites is 1. The second kappa shape index (κ2) is 8.23. The van der Waals surface area contributed by atoms with Gasteiger partial charge in [-0.1, -0.05) is 61.7 Å². The van der Waals surface area contributed by atoms with Crippen molar-refractivity contribution in [3.63, 3.8) is 0 Å². The lowest BCUT2D eigenvalue weighted by Gasteiger charge is -2.22. The highest BCUT2D eigenvalue weighted by molar-refractivity contribution is 7.92. The van der Waals surface area contributed by atoms with Gasteiger partial charge in [0, 0.05) is 22.3 Å². The van der Waals surface area contributed by atoms with Gasteiger partial charge in [0.1, 0.15) is 0 Å². The molecule has 1 aliphatic carbocycles. The molecular weight excluding hydrogens is 404 g/mol. The summed E-state index contributed by atoms with van der Waals surface area (Å²) in [5, 5.41) is 1.15. The Hall–Kier alpha value is -3.05. The zero-order valence-corrected chi connectivity index (χ0v) is 18.2. The number of nitrogens with one attached hydrogen (secondary N) is 2. The van der Waals surface area contributed by atoms with Crippen molar-refractivity contribution in [2.45, 2.75) is 42.9 Å². The molecule has 3 aromatic carbocycles. The minimum Gasteiger partial charge on any atom is -0.355 e. The van der Waals surface area contributed by atoms with Crippen LogP contribution in [0.3, 0.4) is 0 Å². The minimum absolute atomic E-state index is 0.298. The Labute approximate surface area is 183 Å². The highest BCUT2D eigenvalue weighted by atomic mass is 32.2. The lowest BCUT2D eigenvalue weighted by molar-refractivity contribution is 0.443. The predicted molar refractivity (Wildman–Crippen MR) is 127 cm³/mol. The maximum absolute atomic E-state index is 12.8. The molecule has 0 amide bonds. The lowest BCUT2D eigenvalue weighted by Crippen LogP contribution is -2.13. The first-order valence-electron chi connectivity index (χ1n) is 10.9. The van der Waals surface area contributed by atoms with Crippen LogP contribution in [0.1, 0.15) is 43.6 Å². The molecule has 4 aromatic rings. The molecule has 0 radical (unpaired) electrons. The molecule has 158 valence electrons. The Morgan fingerprint density at radius 1 is 0.806 bits per heavy atom. The van der Waals surface area contributed by atoms with E-state index >= 15 is 0 Å². The Morgan fingerprint density at radius 2 is 1.52 bits per heavy atom. The number of sulfonamides is 1. The van der Waals surface area contributed by atoms with Gasteiger partial charge in [-0.25, -0.2) is 8.42 Å². The van der Waals surface area contributed by atoms with Gasteiger partial charge < -0.3 is 4.98 Å². The van der Waals surface area contributed by atoms with Crippen LogP contribution in [-0.2, 0) is 10.0 Å². The van der Waals surface area contributed by atoms with Gasteiger partial charge in [-0.05, 0) is 66.3 Å². The van der Waals surface area contributed by atoms with E-state index in [0.29, 0.717) is 16.5 Å². The quantitative estimate of drug-likeness (QED) is 0.371. The van der Waals surface area contributed by atoms with Crippen LogP contribution in [0.5, 0.6) is 0 Å². The number of hydrogen-bond donors (Lipinski definition) is 2. The van der Waals surface area contributed by atoms with Crippen molar-refractivity contribution in [2.75, 3.05) is 4.72 Å². The van der Waals surface area contributed by atoms with Gasteiger partial charge in [-0.2, -0.15) is 0 Å². The minimum atomic E-state index is -3.62. The van der Waals surface area contributed by atoms with E-state index in [-0.39, 0.29) is 0 Å². The largest absolute Gasteiger partial charge is 0.355 e. The molecule has 0 spiro atoms. The van der Waals surface area contributed by atoms with E-state index in [0.717, 1.165) is 22.2 Å². The molecule has 2 N–H and O–H groups in total. The standard InChI is InChI=1S/C26H26N2O2S/c29-31(30,24-16-12-20(13-17-24)19-6-2-1-3-7-19)28-23-14-10-21(11-15-23)26-18-22-8-4-5-9-25(22)27-26/h4-5,8-19,27-28H,1-3,6-7H2. The van der Waals surface area contributed by atoms with Crippen LogP contribution < -0.4 is 4.72 Å². The summed E-state index contributed by atoms with van der Waals surface area (Å²) in [4.78, 5) is 3.70. The summed E-state index contributed by atoms with van der Waals surface area (Å²) in [5.41, 5.74) is 4.90. The van der Waals surface area contributed by atoms with Crippen molar-refractivity contribution in [3.05, 3.63) is 84.4 Å². The van der Waals surface area contributed by atoms with Crippen molar-refractivity contribution in [3.8, 4) is 11.3 Å². The van der Waals surface area contributed by atoms with E-state index in [9.17, 15) is 8.42 Å². The van der Waals surface area contributed by atoms with E-state index in [1.807, 2.05) is 42.5 Å². The van der Waals surface area contributed by atoms with Crippen molar-refractivity contribution in [1.29, 1.82) is 0 Å². The monoisotopic (exact) mass is 430 g/mol. The number of aromatic nitrogens is 1. The maximum Gasteiger partial charge on any atom is 0.261 e. The summed E-state index contributed by atoms with van der Waals surface area (Å²) in [6, 6.07) is 25.1. The van der Waals surface area contributed by atoms with Gasteiger partial charge in [-0.15, -0.1) is 0 Å². The fraction of sp³-hybridized carbons (Fsp3) is 0.231. The van der Waals surface area contributed by atoms with Crippen LogP contribution in [0.15, 0.2) is 83.8 Å². The number of hydrogen-bond acceptors (Lipinski definition) is 2. The normalized spacial score (nSPS) is 15.2. The molecular formula is C26H26N2O2S. The third-order valence-corrected chi connectivity index (χ3v) is 7.64. The van der Waals surface area contributed by atoms with Gasteiger partial charge in [-0.3, -0.25) is 4.72 Å². The third kappa shape index (κ3) is 4.23. The van der Waals surface area contributed by atoms with Crippen LogP contribution in [0.2, 0.25) is 0 Å². The van der Waals surface area contributed by atoms with E-state index in [4.69, 9.17) is 0 Å². The Kier molecular flexibility index (Phi) is 5.28. The molecule has 1 saturated carbocycles. The van der Waals surface area contributed by atoms with Crippen molar-refractivity contribution < 1.29 is 8.42 Å². The molecule has 0 unspecified atom stereocenters. The highest BCUT2D eigenvalue weighted by Gasteiger charge is 2.18. The number of H-pyrrole nitrogens is 1. The van der Waals surface area contributed by atoms with Crippen LogP contribution >= 0.6 is 0 Å². The van der Waals surface area contributed by atoms with E-state index in [1.54, 1.807) is 24.3 Å². The summed E-state index contributed by atoms with van der Waals surface area (Å²) in [6.45, 7) is 0. The predicted octanol–water partition coefficient (Wildman–Crippen LogP) is 6.68. The van der Waals surface area contributed by atoms with Crippen molar-refractivity contribution in [1.82, 2.24) is 4.98 Å². The second-order valence-electron chi connectivity index (χ2n) is 8.36. The summed E-state index contributed by atoms with van der Waals surface area (Å²) in [5.74, 6) is 0.565. The molecule has 5 heteroatoms. The number of anilines is 1. The highest BCUT2D eigenvalue weighted by Crippen LogP contribution is 2.33.